The molecule has 23 heavy (non-hydrogen) atoms. The van der Waals surface area contributed by atoms with Crippen LogP contribution in [0.25, 0.3) is 0 Å². The second-order valence-corrected chi connectivity index (χ2v) is 6.55. The second kappa shape index (κ2) is 7.93. The predicted octanol–water partition coefficient (Wildman–Crippen LogP) is 2.02. The molecule has 1 aromatic rings. The number of rotatable bonds is 5. The van der Waals surface area contributed by atoms with Crippen molar-refractivity contribution in [1.82, 2.24) is 14.5 Å². The number of piperidine rings is 1. The van der Waals surface area contributed by atoms with E-state index < -0.39 is 6.10 Å². The molecule has 2 saturated heterocycles. The van der Waals surface area contributed by atoms with E-state index in [-0.39, 0.29) is 12.0 Å². The number of carbonyl (C=O) groups is 1. The molecule has 1 amide bonds. The average molecular weight is 321 g/mol. The number of aromatic nitrogens is 2. The number of hydrogen-bond acceptors (Lipinski definition) is 4. The normalized spacial score (nSPS) is 26.9. The van der Waals surface area contributed by atoms with E-state index in [0.29, 0.717) is 12.6 Å². The maximum atomic E-state index is 12.6. The number of hydrogen-bond donors (Lipinski definition) is 0. The van der Waals surface area contributed by atoms with E-state index in [0.717, 1.165) is 45.4 Å². The summed E-state index contributed by atoms with van der Waals surface area (Å²) in [6.07, 6.45) is 10.8. The molecule has 6 nitrogen and oxygen atoms in total. The van der Waals surface area contributed by atoms with E-state index in [4.69, 9.17) is 9.47 Å². The maximum Gasteiger partial charge on any atom is 0.251 e. The van der Waals surface area contributed by atoms with Gasteiger partial charge in [0.25, 0.3) is 5.91 Å². The van der Waals surface area contributed by atoms with Gasteiger partial charge >= 0.3 is 0 Å². The zero-order valence-corrected chi connectivity index (χ0v) is 13.9. The topological polar surface area (TPSA) is 56.6 Å². The molecule has 0 radical (unpaired) electrons. The van der Waals surface area contributed by atoms with Crippen LogP contribution in [0.1, 0.15) is 45.1 Å². The monoisotopic (exact) mass is 321 g/mol. The van der Waals surface area contributed by atoms with Gasteiger partial charge in [0.2, 0.25) is 0 Å². The molecule has 3 heterocycles. The second-order valence-electron chi connectivity index (χ2n) is 6.55. The lowest BCUT2D eigenvalue weighted by molar-refractivity contribution is -0.147. The minimum Gasteiger partial charge on any atom is -0.376 e. The molecule has 0 spiro atoms. The summed E-state index contributed by atoms with van der Waals surface area (Å²) in [6.45, 7) is 4.74. The summed E-state index contributed by atoms with van der Waals surface area (Å²) in [4.78, 5) is 18.7. The summed E-state index contributed by atoms with van der Waals surface area (Å²) >= 11 is 0. The van der Waals surface area contributed by atoms with Gasteiger partial charge in [0.05, 0.1) is 25.1 Å². The average Bonchev–Trinajstić information content (AvgIpc) is 3.15. The largest absolute Gasteiger partial charge is 0.376 e. The Morgan fingerprint density at radius 1 is 1.39 bits per heavy atom. The van der Waals surface area contributed by atoms with E-state index in [1.54, 1.807) is 6.20 Å². The first-order valence-electron chi connectivity index (χ1n) is 8.73. The molecule has 0 bridgehead atoms. The lowest BCUT2D eigenvalue weighted by atomic mass is 10.0. The van der Waals surface area contributed by atoms with E-state index >= 15 is 0 Å². The summed E-state index contributed by atoms with van der Waals surface area (Å²) in [6, 6.07) is 0.323. The number of ether oxygens (including phenoxy) is 2. The van der Waals surface area contributed by atoms with Gasteiger partial charge in [-0.25, -0.2) is 4.98 Å². The zero-order chi connectivity index (χ0) is 16.1. The van der Waals surface area contributed by atoms with Crippen molar-refractivity contribution in [3.8, 4) is 0 Å². The van der Waals surface area contributed by atoms with Gasteiger partial charge < -0.3 is 18.9 Å². The summed E-state index contributed by atoms with van der Waals surface area (Å²) in [5, 5.41) is 0. The van der Waals surface area contributed by atoms with Crippen molar-refractivity contribution >= 4 is 5.91 Å². The van der Waals surface area contributed by atoms with Crippen LogP contribution < -0.4 is 0 Å². The first-order chi connectivity index (χ1) is 11.2. The third-order valence-electron chi connectivity index (χ3n) is 4.81. The molecular weight excluding hydrogens is 294 g/mol. The van der Waals surface area contributed by atoms with Gasteiger partial charge in [0, 0.05) is 32.1 Å². The third-order valence-corrected chi connectivity index (χ3v) is 4.81. The van der Waals surface area contributed by atoms with Crippen LogP contribution in [0.2, 0.25) is 0 Å². The Balaban J connectivity index is 1.48. The highest BCUT2D eigenvalue weighted by Crippen LogP contribution is 2.22. The third kappa shape index (κ3) is 4.32. The molecule has 0 unspecified atom stereocenters. The highest BCUT2D eigenvalue weighted by Gasteiger charge is 2.28. The Kier molecular flexibility index (Phi) is 5.67. The molecule has 1 aromatic heterocycles. The molecule has 2 aliphatic rings. The zero-order valence-electron chi connectivity index (χ0n) is 13.9. The number of likely N-dealkylation sites (tertiary alicyclic amines) is 1. The standard InChI is InChI=1S/C17H27N3O3/c1-14(23-12-16-6-2-3-10-22-16)17(21)19-8-4-5-15(11-19)20-9-7-18-13-20/h7,9,13-16H,2-6,8,10-12H2,1H3/t14-,15-,16-/m0/s1. The fourth-order valence-corrected chi connectivity index (χ4v) is 3.40. The lowest BCUT2D eigenvalue weighted by Gasteiger charge is -2.35. The van der Waals surface area contributed by atoms with Crippen molar-refractivity contribution in [2.24, 2.45) is 0 Å². The van der Waals surface area contributed by atoms with Crippen LogP contribution in [0.15, 0.2) is 18.7 Å². The maximum absolute atomic E-state index is 12.6. The van der Waals surface area contributed by atoms with E-state index in [2.05, 4.69) is 9.55 Å². The Hall–Kier alpha value is -1.40. The van der Waals surface area contributed by atoms with Crippen molar-refractivity contribution in [2.75, 3.05) is 26.3 Å². The summed E-state index contributed by atoms with van der Waals surface area (Å²) in [5.74, 6) is 0.0885. The number of nitrogens with zero attached hydrogens (tertiary/aromatic N) is 3. The van der Waals surface area contributed by atoms with Crippen molar-refractivity contribution < 1.29 is 14.3 Å². The van der Waals surface area contributed by atoms with Crippen molar-refractivity contribution in [1.29, 1.82) is 0 Å². The summed E-state index contributed by atoms with van der Waals surface area (Å²) < 4.78 is 13.5. The van der Waals surface area contributed by atoms with Crippen molar-refractivity contribution in [3.05, 3.63) is 18.7 Å². The summed E-state index contributed by atoms with van der Waals surface area (Å²) in [7, 11) is 0. The van der Waals surface area contributed by atoms with Crippen molar-refractivity contribution in [2.45, 2.75) is 57.3 Å². The predicted molar refractivity (Wildman–Crippen MR) is 86.1 cm³/mol. The molecule has 3 atom stereocenters. The van der Waals surface area contributed by atoms with Gasteiger partial charge in [-0.05, 0) is 39.0 Å². The summed E-state index contributed by atoms with van der Waals surface area (Å²) in [5.41, 5.74) is 0. The smallest absolute Gasteiger partial charge is 0.251 e. The van der Waals surface area contributed by atoms with E-state index in [9.17, 15) is 4.79 Å². The van der Waals surface area contributed by atoms with E-state index in [1.165, 1.54) is 6.42 Å². The first kappa shape index (κ1) is 16.5. The van der Waals surface area contributed by atoms with Gasteiger partial charge in [-0.2, -0.15) is 0 Å². The van der Waals surface area contributed by atoms with Gasteiger partial charge in [-0.1, -0.05) is 0 Å². The van der Waals surface area contributed by atoms with Crippen LogP contribution in [0.5, 0.6) is 0 Å². The molecule has 128 valence electrons. The number of imidazole rings is 1. The Bertz CT molecular complexity index is 485. The van der Waals surface area contributed by atoms with Crippen LogP contribution >= 0.6 is 0 Å². The highest BCUT2D eigenvalue weighted by atomic mass is 16.5. The SMILES string of the molecule is C[C@H](OC[C@@H]1CCCCO1)C(=O)N1CCC[C@H](n2ccnc2)C1. The molecular formula is C17H27N3O3. The fraction of sp³-hybridized carbons (Fsp3) is 0.765. The van der Waals surface area contributed by atoms with Gasteiger partial charge in [-0.15, -0.1) is 0 Å². The van der Waals surface area contributed by atoms with Crippen molar-refractivity contribution in [3.63, 3.8) is 0 Å². The minimum absolute atomic E-state index is 0.0885. The minimum atomic E-state index is -0.401. The Morgan fingerprint density at radius 3 is 3.04 bits per heavy atom. The highest BCUT2D eigenvalue weighted by molar-refractivity contribution is 5.80. The Labute approximate surface area is 137 Å². The molecule has 0 aliphatic carbocycles. The molecule has 6 heteroatoms. The molecule has 3 rings (SSSR count). The lowest BCUT2D eigenvalue weighted by Crippen LogP contribution is -2.45. The fourth-order valence-electron chi connectivity index (χ4n) is 3.40. The number of carbonyl (C=O) groups excluding carboxylic acids is 1. The van der Waals surface area contributed by atoms with Crippen LogP contribution in [-0.2, 0) is 14.3 Å². The molecule has 0 aromatic carbocycles. The van der Waals surface area contributed by atoms with Crippen LogP contribution in [0.4, 0.5) is 0 Å². The molecule has 0 saturated carbocycles. The van der Waals surface area contributed by atoms with E-state index in [1.807, 2.05) is 24.3 Å². The van der Waals surface area contributed by atoms with Crippen LogP contribution in [0, 0.1) is 0 Å². The van der Waals surface area contributed by atoms with Crippen LogP contribution in [-0.4, -0.2) is 58.9 Å². The molecule has 0 N–H and O–H groups in total. The van der Waals surface area contributed by atoms with Gasteiger partial charge in [0.15, 0.2) is 0 Å². The quantitative estimate of drug-likeness (QED) is 0.832. The molecule has 2 fully saturated rings. The van der Waals surface area contributed by atoms with Crippen LogP contribution in [0.3, 0.4) is 0 Å². The van der Waals surface area contributed by atoms with Gasteiger partial charge in [0.1, 0.15) is 6.10 Å². The first-order valence-corrected chi connectivity index (χ1v) is 8.73. The Morgan fingerprint density at radius 2 is 2.30 bits per heavy atom. The number of amides is 1. The molecule has 2 aliphatic heterocycles. The van der Waals surface area contributed by atoms with Gasteiger partial charge in [-0.3, -0.25) is 4.79 Å².